The van der Waals surface area contributed by atoms with Crippen molar-refractivity contribution in [3.05, 3.63) is 63.4 Å². The lowest BCUT2D eigenvalue weighted by atomic mass is 10.2. The molecule has 98 valence electrons. The van der Waals surface area contributed by atoms with Crippen LogP contribution in [-0.2, 0) is 6.61 Å². The fourth-order valence-corrected chi connectivity index (χ4v) is 2.00. The van der Waals surface area contributed by atoms with Crippen LogP contribution in [0.5, 0.6) is 5.75 Å². The van der Waals surface area contributed by atoms with E-state index in [1.807, 2.05) is 0 Å². The van der Waals surface area contributed by atoms with Crippen molar-refractivity contribution in [1.82, 2.24) is 0 Å². The van der Waals surface area contributed by atoms with Gasteiger partial charge in [-0.1, -0.05) is 29.3 Å². The number of aldehydes is 1. The van der Waals surface area contributed by atoms with Gasteiger partial charge in [0, 0.05) is 27.2 Å². The number of hydrogen-bond donors (Lipinski definition) is 0. The molecule has 0 saturated carbocycles. The molecule has 0 amide bonds. The van der Waals surface area contributed by atoms with Crippen LogP contribution in [0.25, 0.3) is 0 Å². The normalized spacial score (nSPS) is 10.3. The third-order valence-electron chi connectivity index (χ3n) is 2.44. The van der Waals surface area contributed by atoms with Crippen molar-refractivity contribution in [3.63, 3.8) is 0 Å². The molecule has 0 aromatic heterocycles. The lowest BCUT2D eigenvalue weighted by molar-refractivity contribution is 0.112. The van der Waals surface area contributed by atoms with Crippen LogP contribution in [-0.4, -0.2) is 6.29 Å². The van der Waals surface area contributed by atoms with E-state index in [1.54, 1.807) is 18.2 Å². The minimum atomic E-state index is -0.526. The second-order valence-corrected chi connectivity index (χ2v) is 4.71. The van der Waals surface area contributed by atoms with E-state index in [-0.39, 0.29) is 17.9 Å². The Bertz CT molecular complexity index is 614. The molecule has 0 aliphatic carbocycles. The number of carbonyl (C=O) groups excluding carboxylic acids is 1. The van der Waals surface area contributed by atoms with Gasteiger partial charge in [-0.05, 0) is 24.3 Å². The summed E-state index contributed by atoms with van der Waals surface area (Å²) in [4.78, 5) is 10.6. The first-order valence-electron chi connectivity index (χ1n) is 5.41. The van der Waals surface area contributed by atoms with Crippen molar-refractivity contribution < 1.29 is 13.9 Å². The molecule has 0 bridgehead atoms. The van der Waals surface area contributed by atoms with Gasteiger partial charge in [-0.25, -0.2) is 4.39 Å². The molecule has 0 heterocycles. The monoisotopic (exact) mass is 298 g/mol. The van der Waals surface area contributed by atoms with Crippen molar-refractivity contribution >= 4 is 29.5 Å². The van der Waals surface area contributed by atoms with Gasteiger partial charge in [-0.2, -0.15) is 0 Å². The zero-order valence-corrected chi connectivity index (χ0v) is 11.2. The molecular weight excluding hydrogens is 290 g/mol. The average molecular weight is 299 g/mol. The van der Waals surface area contributed by atoms with E-state index in [4.69, 9.17) is 27.9 Å². The van der Waals surface area contributed by atoms with Crippen molar-refractivity contribution in [2.75, 3.05) is 0 Å². The molecule has 0 N–H and O–H groups in total. The summed E-state index contributed by atoms with van der Waals surface area (Å²) in [5, 5.41) is 1.00. The Morgan fingerprint density at radius 2 is 1.95 bits per heavy atom. The van der Waals surface area contributed by atoms with Crippen molar-refractivity contribution in [1.29, 1.82) is 0 Å². The van der Waals surface area contributed by atoms with Crippen LogP contribution in [0.3, 0.4) is 0 Å². The summed E-state index contributed by atoms with van der Waals surface area (Å²) < 4.78 is 18.6. The van der Waals surface area contributed by atoms with Gasteiger partial charge in [0.1, 0.15) is 24.5 Å². The Hall–Kier alpha value is -1.58. The van der Waals surface area contributed by atoms with Crippen molar-refractivity contribution in [2.24, 2.45) is 0 Å². The standard InChI is InChI=1S/C14H9Cl2FO2/c15-11-2-1-10(14(16)5-11)8-19-13-4-9(7-18)3-12(17)6-13/h1-7H,8H2. The smallest absolute Gasteiger partial charge is 0.150 e. The SMILES string of the molecule is O=Cc1cc(F)cc(OCc2ccc(Cl)cc2Cl)c1. The molecule has 19 heavy (non-hydrogen) atoms. The second kappa shape index (κ2) is 6.04. The van der Waals surface area contributed by atoms with E-state index in [1.165, 1.54) is 12.1 Å². The Morgan fingerprint density at radius 1 is 1.16 bits per heavy atom. The highest BCUT2D eigenvalue weighted by atomic mass is 35.5. The number of halogens is 3. The maximum atomic E-state index is 13.2. The Morgan fingerprint density at radius 3 is 2.63 bits per heavy atom. The van der Waals surface area contributed by atoms with Gasteiger partial charge in [0.05, 0.1) is 0 Å². The number of hydrogen-bond acceptors (Lipinski definition) is 2. The van der Waals surface area contributed by atoms with E-state index >= 15 is 0 Å². The van der Waals surface area contributed by atoms with Crippen LogP contribution in [0.15, 0.2) is 36.4 Å². The van der Waals surface area contributed by atoms with Crippen LogP contribution in [0.1, 0.15) is 15.9 Å². The summed E-state index contributed by atoms with van der Waals surface area (Å²) in [6, 6.07) is 8.81. The predicted octanol–water partition coefficient (Wildman–Crippen LogP) is 4.52. The quantitative estimate of drug-likeness (QED) is 0.776. The van der Waals surface area contributed by atoms with Gasteiger partial charge < -0.3 is 4.74 Å². The summed E-state index contributed by atoms with van der Waals surface area (Å²) in [6.45, 7) is 0.164. The van der Waals surface area contributed by atoms with Crippen LogP contribution in [0, 0.1) is 5.82 Å². The van der Waals surface area contributed by atoms with E-state index in [0.717, 1.165) is 11.6 Å². The highest BCUT2D eigenvalue weighted by Gasteiger charge is 2.05. The van der Waals surface area contributed by atoms with Crippen LogP contribution in [0.2, 0.25) is 10.0 Å². The Kier molecular flexibility index (Phi) is 4.40. The molecule has 2 rings (SSSR count). The lowest BCUT2D eigenvalue weighted by Crippen LogP contribution is -1.97. The maximum Gasteiger partial charge on any atom is 0.150 e. The molecule has 0 saturated heterocycles. The van der Waals surface area contributed by atoms with E-state index in [9.17, 15) is 9.18 Å². The number of benzene rings is 2. The first-order chi connectivity index (χ1) is 9.08. The largest absolute Gasteiger partial charge is 0.489 e. The number of ether oxygens (including phenoxy) is 1. The molecular formula is C14H9Cl2FO2. The summed E-state index contributed by atoms with van der Waals surface area (Å²) in [7, 11) is 0. The summed E-state index contributed by atoms with van der Waals surface area (Å²) >= 11 is 11.8. The number of rotatable bonds is 4. The van der Waals surface area contributed by atoms with E-state index in [0.29, 0.717) is 16.3 Å². The van der Waals surface area contributed by atoms with E-state index < -0.39 is 5.82 Å². The highest BCUT2D eigenvalue weighted by Crippen LogP contribution is 2.23. The minimum absolute atomic E-state index is 0.164. The van der Waals surface area contributed by atoms with Crippen LogP contribution >= 0.6 is 23.2 Å². The van der Waals surface area contributed by atoms with Gasteiger partial charge in [0.2, 0.25) is 0 Å². The Balaban J connectivity index is 2.14. The van der Waals surface area contributed by atoms with E-state index in [2.05, 4.69) is 0 Å². The third kappa shape index (κ3) is 3.69. The zero-order valence-electron chi connectivity index (χ0n) is 9.70. The summed E-state index contributed by atoms with van der Waals surface area (Å²) in [6.07, 6.45) is 0.561. The molecule has 5 heteroatoms. The summed E-state index contributed by atoms with van der Waals surface area (Å²) in [5.74, 6) is -0.255. The van der Waals surface area contributed by atoms with Crippen molar-refractivity contribution in [2.45, 2.75) is 6.61 Å². The average Bonchev–Trinajstić information content (AvgIpc) is 2.37. The molecule has 0 radical (unpaired) electrons. The second-order valence-electron chi connectivity index (χ2n) is 3.86. The van der Waals surface area contributed by atoms with Crippen LogP contribution in [0.4, 0.5) is 4.39 Å². The molecule has 0 fully saturated rings. The Labute approximate surface area is 119 Å². The fraction of sp³-hybridized carbons (Fsp3) is 0.0714. The number of carbonyl (C=O) groups is 1. The molecule has 2 nitrogen and oxygen atoms in total. The predicted molar refractivity (Wildman–Crippen MR) is 72.6 cm³/mol. The molecule has 0 atom stereocenters. The fourth-order valence-electron chi connectivity index (χ4n) is 1.54. The van der Waals surface area contributed by atoms with Crippen LogP contribution < -0.4 is 4.74 Å². The molecule has 0 aliphatic heterocycles. The maximum absolute atomic E-state index is 13.2. The zero-order chi connectivity index (χ0) is 13.8. The van der Waals surface area contributed by atoms with Gasteiger partial charge in [-0.3, -0.25) is 4.79 Å². The first kappa shape index (κ1) is 13.8. The first-order valence-corrected chi connectivity index (χ1v) is 6.16. The topological polar surface area (TPSA) is 26.3 Å². The minimum Gasteiger partial charge on any atom is -0.489 e. The van der Waals surface area contributed by atoms with Crippen molar-refractivity contribution in [3.8, 4) is 5.75 Å². The van der Waals surface area contributed by atoms with Gasteiger partial charge in [0.25, 0.3) is 0 Å². The molecule has 0 spiro atoms. The van der Waals surface area contributed by atoms with Gasteiger partial charge >= 0.3 is 0 Å². The lowest BCUT2D eigenvalue weighted by Gasteiger charge is -2.08. The van der Waals surface area contributed by atoms with Gasteiger partial charge in [-0.15, -0.1) is 0 Å². The van der Waals surface area contributed by atoms with Gasteiger partial charge in [0.15, 0.2) is 0 Å². The summed E-state index contributed by atoms with van der Waals surface area (Å²) in [5.41, 5.74) is 0.945. The molecule has 2 aromatic carbocycles. The molecule has 0 unspecified atom stereocenters. The molecule has 0 aliphatic rings. The highest BCUT2D eigenvalue weighted by molar-refractivity contribution is 6.35. The molecule has 2 aromatic rings. The third-order valence-corrected chi connectivity index (χ3v) is 3.03.